The number of imidazole rings is 1. The molecular weight excluding hydrogens is 568 g/mol. The molecule has 0 aliphatic rings. The Balaban J connectivity index is -0.0000000314. The largest absolute Gasteiger partial charge is 4.00 e. The maximum Gasteiger partial charge on any atom is 4.00 e. The first-order valence-electron chi connectivity index (χ1n) is 3.83. The number of rotatable bonds is 2. The molecule has 0 aromatic carbocycles. The van der Waals surface area contributed by atoms with Gasteiger partial charge in [-0.1, -0.05) is 6.92 Å². The summed E-state index contributed by atoms with van der Waals surface area (Å²) in [6.45, 7) is 1.69. The fraction of sp³-hybridized carbons (Fsp3) is 0.571. The van der Waals surface area contributed by atoms with Crippen LogP contribution in [0.3, 0.4) is 0 Å². The molecular formula is C7H14Br4FeN2O3S. The molecule has 0 radical (unpaired) electrons. The summed E-state index contributed by atoms with van der Waals surface area (Å²) in [6, 6.07) is 0. The average Bonchev–Trinajstić information content (AvgIpc) is 2.38. The molecule has 0 fully saturated rings. The van der Waals surface area contributed by atoms with Crippen LogP contribution < -0.4 is 67.9 Å². The van der Waals surface area contributed by atoms with E-state index < -0.39 is 10.1 Å². The molecule has 0 atom stereocenters. The van der Waals surface area contributed by atoms with E-state index in [-0.39, 0.29) is 90.7 Å². The molecule has 0 unspecified atom stereocenters. The van der Waals surface area contributed by atoms with Gasteiger partial charge in [-0.2, -0.15) is 8.42 Å². The molecule has 0 saturated heterocycles. The van der Waals surface area contributed by atoms with Crippen molar-refractivity contribution in [2.45, 2.75) is 13.3 Å². The third-order valence-electron chi connectivity index (χ3n) is 1.10. The van der Waals surface area contributed by atoms with Gasteiger partial charge in [0.25, 0.3) is 10.1 Å². The summed E-state index contributed by atoms with van der Waals surface area (Å²) in [4.78, 5) is 3.78. The molecule has 1 heterocycles. The summed E-state index contributed by atoms with van der Waals surface area (Å²) in [5, 5.41) is 0. The summed E-state index contributed by atoms with van der Waals surface area (Å²) in [5.41, 5.74) is 0. The molecule has 0 amide bonds. The molecule has 112 valence electrons. The van der Waals surface area contributed by atoms with Gasteiger partial charge < -0.3 is 72.5 Å². The zero-order valence-electron chi connectivity index (χ0n) is 9.58. The van der Waals surface area contributed by atoms with E-state index in [1.54, 1.807) is 19.4 Å². The van der Waals surface area contributed by atoms with Crippen LogP contribution in [0.15, 0.2) is 18.7 Å². The minimum absolute atomic E-state index is 0. The van der Waals surface area contributed by atoms with E-state index in [1.165, 1.54) is 0 Å². The topological polar surface area (TPSA) is 72.2 Å². The number of nitrogens with zero attached hydrogens (tertiary/aromatic N) is 2. The van der Waals surface area contributed by atoms with Gasteiger partial charge in [-0.3, -0.25) is 4.55 Å². The minimum atomic E-state index is -3.67. The van der Waals surface area contributed by atoms with Crippen LogP contribution >= 0.6 is 0 Å². The van der Waals surface area contributed by atoms with Gasteiger partial charge >= 0.3 is 17.1 Å². The summed E-state index contributed by atoms with van der Waals surface area (Å²) < 4.78 is 29.5. The van der Waals surface area contributed by atoms with Gasteiger partial charge in [0.2, 0.25) is 0 Å². The Kier molecular flexibility index (Phi) is 42.5. The van der Waals surface area contributed by atoms with E-state index in [1.807, 2.05) is 17.8 Å². The molecule has 0 bridgehead atoms. The first kappa shape index (κ1) is 36.6. The Morgan fingerprint density at radius 2 is 1.67 bits per heavy atom. The molecule has 18 heavy (non-hydrogen) atoms. The van der Waals surface area contributed by atoms with Gasteiger partial charge in [-0.05, 0) is 6.42 Å². The van der Waals surface area contributed by atoms with E-state index in [9.17, 15) is 8.42 Å². The van der Waals surface area contributed by atoms with Gasteiger partial charge in [-0.15, -0.1) is 0 Å². The summed E-state index contributed by atoms with van der Waals surface area (Å²) >= 11 is 0. The average molecular weight is 582 g/mol. The fourth-order valence-corrected chi connectivity index (χ4v) is 1.10. The molecule has 1 aromatic rings. The first-order chi connectivity index (χ1) is 5.95. The Hall–Kier alpha value is 1.56. The van der Waals surface area contributed by atoms with E-state index in [2.05, 4.69) is 4.98 Å². The van der Waals surface area contributed by atoms with E-state index >= 15 is 0 Å². The molecule has 0 spiro atoms. The second-order valence-electron chi connectivity index (χ2n) is 2.51. The van der Waals surface area contributed by atoms with Crippen LogP contribution in [-0.4, -0.2) is 28.3 Å². The maximum atomic E-state index is 9.79. The molecule has 1 N–H and O–H groups in total. The molecule has 11 heteroatoms. The van der Waals surface area contributed by atoms with Crippen molar-refractivity contribution >= 4 is 10.1 Å². The summed E-state index contributed by atoms with van der Waals surface area (Å²) in [5.74, 6) is -0.132. The zero-order valence-corrected chi connectivity index (χ0v) is 17.8. The second-order valence-corrected chi connectivity index (χ2v) is 4.09. The zero-order chi connectivity index (χ0) is 10.3. The normalized spacial score (nSPS) is 7.50. The van der Waals surface area contributed by atoms with Crippen molar-refractivity contribution in [1.29, 1.82) is 0 Å². The third-order valence-corrected chi connectivity index (χ3v) is 2.02. The molecule has 1 rings (SSSR count). The van der Waals surface area contributed by atoms with Gasteiger partial charge in [0.1, 0.15) is 0 Å². The monoisotopic (exact) mass is 578 g/mol. The van der Waals surface area contributed by atoms with E-state index in [4.69, 9.17) is 4.55 Å². The molecule has 5 nitrogen and oxygen atoms in total. The van der Waals surface area contributed by atoms with Gasteiger partial charge in [0, 0.05) is 19.4 Å². The van der Waals surface area contributed by atoms with Crippen LogP contribution in [0.25, 0.3) is 0 Å². The smallest absolute Gasteiger partial charge is 1.00 e. The Bertz CT molecular complexity index is 323. The molecule has 0 aliphatic heterocycles. The van der Waals surface area contributed by atoms with Gasteiger partial charge in [0.05, 0.1) is 12.1 Å². The molecule has 0 aliphatic carbocycles. The van der Waals surface area contributed by atoms with E-state index in [0.717, 1.165) is 0 Å². The third kappa shape index (κ3) is 30.5. The summed E-state index contributed by atoms with van der Waals surface area (Å²) in [7, 11) is -1.74. The van der Waals surface area contributed by atoms with E-state index in [0.29, 0.717) is 6.42 Å². The fourth-order valence-electron chi connectivity index (χ4n) is 0.584. The van der Waals surface area contributed by atoms with Crippen molar-refractivity contribution in [1.82, 2.24) is 9.55 Å². The first-order valence-corrected chi connectivity index (χ1v) is 5.43. The quantitative estimate of drug-likeness (QED) is 0.278. The van der Waals surface area contributed by atoms with Crippen LogP contribution in [0, 0.1) is 0 Å². The van der Waals surface area contributed by atoms with Crippen molar-refractivity contribution in [3.05, 3.63) is 18.7 Å². The van der Waals surface area contributed by atoms with Crippen LogP contribution in [0.2, 0.25) is 0 Å². The summed E-state index contributed by atoms with van der Waals surface area (Å²) in [6.07, 6.45) is 5.86. The van der Waals surface area contributed by atoms with Crippen molar-refractivity contribution in [2.75, 3.05) is 5.75 Å². The van der Waals surface area contributed by atoms with Crippen LogP contribution in [0.4, 0.5) is 0 Å². The second kappa shape index (κ2) is 20.9. The Morgan fingerprint density at radius 3 is 1.72 bits per heavy atom. The minimum Gasteiger partial charge on any atom is -1.00 e. The van der Waals surface area contributed by atoms with Crippen LogP contribution in [0.5, 0.6) is 0 Å². The van der Waals surface area contributed by atoms with Crippen molar-refractivity contribution in [3.63, 3.8) is 0 Å². The number of hydrogen-bond acceptors (Lipinski definition) is 3. The molecule has 0 saturated carbocycles. The van der Waals surface area contributed by atoms with Crippen LogP contribution in [-0.2, 0) is 34.2 Å². The number of hydrogen-bond donors (Lipinski definition) is 1. The Labute approximate surface area is 161 Å². The SMILES string of the molecule is CCCS(=O)(=O)O.Cn1ccnc1.[Br-].[Br-].[Br-].[Br-].[Fe+4]. The van der Waals surface area contributed by atoms with Crippen molar-refractivity contribution in [2.24, 2.45) is 7.05 Å². The standard InChI is InChI=1S/C4H6N2.C3H8O3S.4BrH.Fe/c1-6-3-2-5-4-6;1-2-3-7(4,5)6;;;;;/h2-4H,1H3;2-3H2,1H3,(H,4,5,6);4*1H;/q;;;;;;+4/p-4. The van der Waals surface area contributed by atoms with Gasteiger partial charge in [0.15, 0.2) is 0 Å². The maximum absolute atomic E-state index is 9.79. The Morgan fingerprint density at radius 1 is 1.22 bits per heavy atom. The number of aryl methyl sites for hydroxylation is 1. The molecule has 1 aromatic heterocycles. The number of halogens is 4. The predicted molar refractivity (Wildman–Crippen MR) is 49.9 cm³/mol. The van der Waals surface area contributed by atoms with Gasteiger partial charge in [-0.25, -0.2) is 4.98 Å². The van der Waals surface area contributed by atoms with Crippen molar-refractivity contribution in [3.8, 4) is 0 Å². The number of aromatic nitrogens is 2. The predicted octanol–water partition coefficient (Wildman–Crippen LogP) is -11.3. The van der Waals surface area contributed by atoms with Crippen LogP contribution in [0.1, 0.15) is 13.3 Å². The van der Waals surface area contributed by atoms with Crippen molar-refractivity contribution < 1.29 is 98.0 Å².